The minimum Gasteiger partial charge on any atom is -0.172 e. The van der Waals surface area contributed by atoms with Crippen molar-refractivity contribution in [2.75, 3.05) is 0 Å². The average Bonchev–Trinajstić information content (AvgIpc) is 2.34. The van der Waals surface area contributed by atoms with Gasteiger partial charge in [0.1, 0.15) is 0 Å². The third kappa shape index (κ3) is 0.779. The molecule has 10 fully saturated rings. The van der Waals surface area contributed by atoms with Crippen molar-refractivity contribution in [3.8, 4) is 0 Å². The van der Waals surface area contributed by atoms with Crippen molar-refractivity contribution in [1.29, 1.82) is 0 Å². The van der Waals surface area contributed by atoms with Crippen molar-refractivity contribution in [3.05, 3.63) is 0 Å². The summed E-state index contributed by atoms with van der Waals surface area (Å²) in [6.45, 7) is 0. The number of hydrogen-bond donors (Lipinski definition) is 1. The van der Waals surface area contributed by atoms with Gasteiger partial charge < -0.3 is 0 Å². The molecule has 11 unspecified atom stereocenters. The quantitative estimate of drug-likeness (QED) is 0.633. The molecular formula is C18H24S. The zero-order valence-corrected chi connectivity index (χ0v) is 12.5. The van der Waals surface area contributed by atoms with Crippen LogP contribution in [-0.4, -0.2) is 4.75 Å². The summed E-state index contributed by atoms with van der Waals surface area (Å²) in [5.41, 5.74) is 0.831. The number of rotatable bonds is 0. The van der Waals surface area contributed by atoms with Crippen LogP contribution in [0.15, 0.2) is 0 Å². The maximum Gasteiger partial charge on any atom is 0.0199 e. The molecule has 0 heterocycles. The summed E-state index contributed by atoms with van der Waals surface area (Å²) in [6, 6.07) is 0. The van der Waals surface area contributed by atoms with E-state index in [-0.39, 0.29) is 0 Å². The topological polar surface area (TPSA) is 0 Å². The van der Waals surface area contributed by atoms with Crippen LogP contribution in [0.4, 0.5) is 0 Å². The molecule has 10 rings (SSSR count). The lowest BCUT2D eigenvalue weighted by Gasteiger charge is -2.85. The smallest absolute Gasteiger partial charge is 0.0199 e. The van der Waals surface area contributed by atoms with Crippen LogP contribution in [0, 0.1) is 58.7 Å². The van der Waals surface area contributed by atoms with Gasteiger partial charge in [0, 0.05) is 4.75 Å². The molecular weight excluding hydrogens is 248 g/mol. The van der Waals surface area contributed by atoms with Gasteiger partial charge in [0.05, 0.1) is 0 Å². The molecule has 11 atom stereocenters. The van der Waals surface area contributed by atoms with Gasteiger partial charge in [-0.1, -0.05) is 0 Å². The van der Waals surface area contributed by atoms with E-state index < -0.39 is 0 Å². The highest BCUT2D eigenvalue weighted by Gasteiger charge is 2.81. The Hall–Kier alpha value is 0.350. The summed E-state index contributed by atoms with van der Waals surface area (Å²) in [4.78, 5) is 0. The molecule has 0 N–H and O–H groups in total. The van der Waals surface area contributed by atoms with E-state index in [1.807, 2.05) is 0 Å². The van der Waals surface area contributed by atoms with Crippen LogP contribution >= 0.6 is 12.6 Å². The lowest BCUT2D eigenvalue weighted by molar-refractivity contribution is -0.336. The Morgan fingerprint density at radius 2 is 1.53 bits per heavy atom. The van der Waals surface area contributed by atoms with Crippen molar-refractivity contribution in [2.45, 2.75) is 49.7 Å². The second kappa shape index (κ2) is 2.57. The van der Waals surface area contributed by atoms with Crippen LogP contribution in [0.25, 0.3) is 0 Å². The van der Waals surface area contributed by atoms with E-state index in [0.29, 0.717) is 4.75 Å². The van der Waals surface area contributed by atoms with Crippen LogP contribution < -0.4 is 0 Å². The third-order valence-electron chi connectivity index (χ3n) is 9.73. The fourth-order valence-corrected chi connectivity index (χ4v) is 11.4. The average molecular weight is 272 g/mol. The zero-order valence-electron chi connectivity index (χ0n) is 11.6. The number of thiol groups is 1. The van der Waals surface area contributed by atoms with Gasteiger partial charge >= 0.3 is 0 Å². The molecule has 1 spiro atoms. The maximum atomic E-state index is 5.48. The molecule has 0 aromatic rings. The molecule has 0 aromatic carbocycles. The van der Waals surface area contributed by atoms with E-state index in [0.717, 1.165) is 46.8 Å². The van der Waals surface area contributed by atoms with Gasteiger partial charge in [0.25, 0.3) is 0 Å². The Kier molecular flexibility index (Phi) is 1.37. The van der Waals surface area contributed by atoms with E-state index in [9.17, 15) is 0 Å². The largest absolute Gasteiger partial charge is 0.172 e. The fourth-order valence-electron chi connectivity index (χ4n) is 10.4. The Labute approximate surface area is 121 Å². The molecule has 102 valence electrons. The molecule has 0 radical (unpaired) electrons. The Morgan fingerprint density at radius 3 is 2.47 bits per heavy atom. The van der Waals surface area contributed by atoms with Gasteiger partial charge in [0.15, 0.2) is 0 Å². The summed E-state index contributed by atoms with van der Waals surface area (Å²) in [7, 11) is 0. The molecule has 0 saturated heterocycles. The Morgan fingerprint density at radius 1 is 0.737 bits per heavy atom. The van der Waals surface area contributed by atoms with Crippen LogP contribution in [0.5, 0.6) is 0 Å². The molecule has 10 saturated carbocycles. The molecule has 0 aromatic heterocycles. The van der Waals surface area contributed by atoms with E-state index in [1.165, 1.54) is 18.3 Å². The van der Waals surface area contributed by atoms with E-state index in [2.05, 4.69) is 0 Å². The Balaban J connectivity index is 1.58. The Bertz CT molecular complexity index is 510. The normalized spacial score (nSPS) is 80.4. The standard InChI is InChI=1S/C18H24S/c19-18-7-9-3-13-14(18)4-10-11-1-8-2-12(10)16(18)17(5-8,6-9)15(11)13/h8-16,19H,1-7H2. The summed E-state index contributed by atoms with van der Waals surface area (Å²) in [6.07, 6.45) is 11.3. The first-order valence-electron chi connectivity index (χ1n) is 8.93. The zero-order chi connectivity index (χ0) is 12.1. The second-order valence-corrected chi connectivity index (χ2v) is 10.6. The van der Waals surface area contributed by atoms with Gasteiger partial charge in [-0.25, -0.2) is 0 Å². The predicted octanol–water partition coefficient (Wildman–Crippen LogP) is 4.01. The lowest BCUT2D eigenvalue weighted by Crippen LogP contribution is -2.81. The van der Waals surface area contributed by atoms with Gasteiger partial charge in [-0.15, -0.1) is 0 Å². The van der Waals surface area contributed by atoms with Crippen molar-refractivity contribution < 1.29 is 0 Å². The SMILES string of the molecule is SC12CC3CC4C1CC1C5CC6CC1C2C(C6)(C3)C54. The minimum atomic E-state index is 0.511. The molecule has 0 nitrogen and oxygen atoms in total. The summed E-state index contributed by atoms with van der Waals surface area (Å²) < 4.78 is 0.511. The first-order chi connectivity index (χ1) is 9.21. The second-order valence-electron chi connectivity index (χ2n) is 9.78. The van der Waals surface area contributed by atoms with E-state index >= 15 is 0 Å². The highest BCUT2D eigenvalue weighted by atomic mass is 32.1. The minimum absolute atomic E-state index is 0.511. The monoisotopic (exact) mass is 272 g/mol. The molecule has 11 bridgehead atoms. The van der Waals surface area contributed by atoms with Crippen molar-refractivity contribution in [1.82, 2.24) is 0 Å². The molecule has 0 amide bonds. The van der Waals surface area contributed by atoms with Crippen LogP contribution in [0.3, 0.4) is 0 Å². The van der Waals surface area contributed by atoms with Crippen molar-refractivity contribution >= 4 is 12.6 Å². The first-order valence-corrected chi connectivity index (χ1v) is 9.38. The van der Waals surface area contributed by atoms with Crippen molar-refractivity contribution in [2.24, 2.45) is 58.7 Å². The van der Waals surface area contributed by atoms with Gasteiger partial charge in [-0.2, -0.15) is 12.6 Å². The summed E-state index contributed by atoms with van der Waals surface area (Å²) in [5.74, 6) is 10.1. The van der Waals surface area contributed by atoms with Gasteiger partial charge in [-0.05, 0) is 104 Å². The molecule has 1 heteroatoms. The molecule has 0 aliphatic heterocycles. The number of hydrogen-bond acceptors (Lipinski definition) is 1. The predicted molar refractivity (Wildman–Crippen MR) is 77.9 cm³/mol. The summed E-state index contributed by atoms with van der Waals surface area (Å²) in [5, 5.41) is 0. The molecule has 10 aliphatic carbocycles. The lowest BCUT2D eigenvalue weighted by atomic mass is 9.21. The van der Waals surface area contributed by atoms with Crippen LogP contribution in [-0.2, 0) is 0 Å². The van der Waals surface area contributed by atoms with Gasteiger partial charge in [0.2, 0.25) is 0 Å². The van der Waals surface area contributed by atoms with Crippen LogP contribution in [0.2, 0.25) is 0 Å². The van der Waals surface area contributed by atoms with Crippen molar-refractivity contribution in [3.63, 3.8) is 0 Å². The van der Waals surface area contributed by atoms with Gasteiger partial charge in [-0.3, -0.25) is 0 Å². The fraction of sp³-hybridized carbons (Fsp3) is 1.00. The van der Waals surface area contributed by atoms with Crippen LogP contribution in [0.1, 0.15) is 44.9 Å². The highest BCUT2D eigenvalue weighted by molar-refractivity contribution is 7.81. The summed E-state index contributed by atoms with van der Waals surface area (Å²) >= 11 is 5.48. The van der Waals surface area contributed by atoms with E-state index in [1.54, 1.807) is 38.5 Å². The van der Waals surface area contributed by atoms with E-state index in [4.69, 9.17) is 12.6 Å². The first kappa shape index (κ1) is 10.1. The molecule has 19 heavy (non-hydrogen) atoms. The maximum absolute atomic E-state index is 5.48. The third-order valence-corrected chi connectivity index (χ3v) is 10.5. The highest BCUT2D eigenvalue weighted by Crippen LogP contribution is 2.86. The molecule has 10 aliphatic rings.